The smallest absolute Gasteiger partial charge is 0.360 e. The van der Waals surface area contributed by atoms with Crippen LogP contribution in [0.4, 0.5) is 0 Å². The van der Waals surface area contributed by atoms with E-state index in [0.29, 0.717) is 17.6 Å². The number of aliphatic carboxylic acids is 1. The summed E-state index contributed by atoms with van der Waals surface area (Å²) in [6.45, 7) is 3.38. The summed E-state index contributed by atoms with van der Waals surface area (Å²) in [5.41, 5.74) is 5.74. The summed E-state index contributed by atoms with van der Waals surface area (Å²) in [6, 6.07) is 0. The Morgan fingerprint density at radius 2 is 1.35 bits per heavy atom. The Hall–Kier alpha value is -1.46. The number of carboxylic acids is 1. The van der Waals surface area contributed by atoms with Crippen molar-refractivity contribution in [2.24, 2.45) is 10.7 Å². The average Bonchev–Trinajstić information content (AvgIpc) is 3.19. The first-order valence-corrected chi connectivity index (χ1v) is 14.3. The van der Waals surface area contributed by atoms with Gasteiger partial charge in [0.2, 0.25) is 5.84 Å². The minimum Gasteiger partial charge on any atom is -0.477 e. The van der Waals surface area contributed by atoms with Crippen molar-refractivity contribution in [2.45, 2.75) is 129 Å². The highest BCUT2D eigenvalue weighted by molar-refractivity contribution is 5.81. The number of allylic oxidation sites excluding steroid dienone is 2. The summed E-state index contributed by atoms with van der Waals surface area (Å²) in [5, 5.41) is 9.28. The van der Waals surface area contributed by atoms with Gasteiger partial charge < -0.3 is 10.8 Å². The first kappa shape index (κ1) is 30.6. The van der Waals surface area contributed by atoms with E-state index in [0.717, 1.165) is 18.7 Å². The monoisotopic (exact) mass is 476 g/mol. The molecule has 3 N–H and O–H groups in total. The van der Waals surface area contributed by atoms with Crippen LogP contribution in [0.15, 0.2) is 29.5 Å². The van der Waals surface area contributed by atoms with Gasteiger partial charge in [0, 0.05) is 13.0 Å². The molecule has 1 aliphatic heterocycles. The van der Waals surface area contributed by atoms with E-state index >= 15 is 0 Å². The molecular weight excluding hydrogens is 422 g/mol. The summed E-state index contributed by atoms with van der Waals surface area (Å²) in [4.78, 5) is 15.8. The number of nitrogens with zero attached hydrogens (tertiary/aromatic N) is 2. The lowest BCUT2D eigenvalue weighted by Crippen LogP contribution is -2.52. The predicted octanol–water partition coefficient (Wildman–Crippen LogP) is 7.72. The zero-order valence-electron chi connectivity index (χ0n) is 22.2. The van der Waals surface area contributed by atoms with E-state index in [1.54, 1.807) is 6.20 Å². The minimum absolute atomic E-state index is 0.0447. The third-order valence-corrected chi connectivity index (χ3v) is 6.95. The molecule has 0 radical (unpaired) electrons. The number of rotatable bonds is 24. The van der Waals surface area contributed by atoms with Gasteiger partial charge in [0.1, 0.15) is 12.7 Å². The van der Waals surface area contributed by atoms with Gasteiger partial charge in [-0.3, -0.25) is 0 Å². The molecule has 1 aliphatic rings. The van der Waals surface area contributed by atoms with Crippen LogP contribution in [-0.2, 0) is 4.79 Å². The number of hydrogen-bond acceptors (Lipinski definition) is 3. The lowest BCUT2D eigenvalue weighted by atomic mass is 10.0. The van der Waals surface area contributed by atoms with Gasteiger partial charge in [-0.25, -0.2) is 14.3 Å². The van der Waals surface area contributed by atoms with Crippen molar-refractivity contribution in [1.82, 2.24) is 0 Å². The predicted molar refractivity (Wildman–Crippen MR) is 146 cm³/mol. The molecule has 0 fully saturated rings. The highest BCUT2D eigenvalue weighted by Crippen LogP contribution is 2.21. The second-order valence-electron chi connectivity index (χ2n) is 10.0. The van der Waals surface area contributed by atoms with E-state index in [1.165, 1.54) is 109 Å². The molecule has 0 spiro atoms. The molecule has 0 saturated heterocycles. The molecular formula is C29H54N3O2+. The van der Waals surface area contributed by atoms with Crippen LogP contribution in [0.3, 0.4) is 0 Å². The number of carboxylic acid groups (broad SMARTS) is 1. The topological polar surface area (TPSA) is 75.7 Å². The average molecular weight is 477 g/mol. The Labute approximate surface area is 210 Å². The second kappa shape index (κ2) is 20.9. The van der Waals surface area contributed by atoms with Crippen molar-refractivity contribution in [3.8, 4) is 0 Å². The number of quaternary nitrogens is 1. The Morgan fingerprint density at radius 3 is 1.85 bits per heavy atom. The second-order valence-corrected chi connectivity index (χ2v) is 10.0. The van der Waals surface area contributed by atoms with Crippen LogP contribution in [0.25, 0.3) is 0 Å². The summed E-state index contributed by atoms with van der Waals surface area (Å²) in [5.74, 6) is 0.167. The quantitative estimate of drug-likeness (QED) is 0.0850. The van der Waals surface area contributed by atoms with E-state index < -0.39 is 5.97 Å². The van der Waals surface area contributed by atoms with Gasteiger partial charge in [-0.2, -0.15) is 0 Å². The number of hydrogen-bond donors (Lipinski definition) is 2. The highest BCUT2D eigenvalue weighted by Gasteiger charge is 2.36. The van der Waals surface area contributed by atoms with E-state index in [-0.39, 0.29) is 6.54 Å². The maximum Gasteiger partial charge on any atom is 0.360 e. The molecule has 196 valence electrons. The summed E-state index contributed by atoms with van der Waals surface area (Å²) in [7, 11) is 0. The molecule has 0 aromatic rings. The molecule has 1 unspecified atom stereocenters. The van der Waals surface area contributed by atoms with Crippen molar-refractivity contribution >= 4 is 11.8 Å². The summed E-state index contributed by atoms with van der Waals surface area (Å²) < 4.78 is 0.308. The van der Waals surface area contributed by atoms with Gasteiger partial charge >= 0.3 is 5.97 Å². The fraction of sp³-hybridized carbons (Fsp3) is 0.793. The van der Waals surface area contributed by atoms with Gasteiger partial charge in [0.05, 0.1) is 6.20 Å². The molecule has 0 bridgehead atoms. The van der Waals surface area contributed by atoms with Crippen LogP contribution < -0.4 is 5.73 Å². The van der Waals surface area contributed by atoms with Gasteiger partial charge in [0.15, 0.2) is 6.54 Å². The van der Waals surface area contributed by atoms with Crippen molar-refractivity contribution < 1.29 is 14.4 Å². The molecule has 0 amide bonds. The fourth-order valence-electron chi connectivity index (χ4n) is 4.87. The Kier molecular flexibility index (Phi) is 18.8. The van der Waals surface area contributed by atoms with Gasteiger partial charge in [0.25, 0.3) is 0 Å². The van der Waals surface area contributed by atoms with Crippen LogP contribution in [0.1, 0.15) is 129 Å². The van der Waals surface area contributed by atoms with Gasteiger partial charge in [-0.05, 0) is 32.1 Å². The first-order chi connectivity index (χ1) is 16.6. The Balaban J connectivity index is 1.89. The number of carbonyl (C=O) groups is 1. The summed E-state index contributed by atoms with van der Waals surface area (Å²) >= 11 is 0. The molecule has 1 heterocycles. The maximum absolute atomic E-state index is 11.3. The van der Waals surface area contributed by atoms with Crippen molar-refractivity contribution in [1.29, 1.82) is 0 Å². The van der Waals surface area contributed by atoms with E-state index in [9.17, 15) is 9.90 Å². The largest absolute Gasteiger partial charge is 0.477 e. The van der Waals surface area contributed by atoms with E-state index in [1.807, 2.05) is 6.20 Å². The highest BCUT2D eigenvalue weighted by atomic mass is 16.4. The van der Waals surface area contributed by atoms with Crippen LogP contribution in [0.2, 0.25) is 0 Å². The molecule has 0 saturated carbocycles. The van der Waals surface area contributed by atoms with E-state index in [4.69, 9.17) is 5.73 Å². The minimum atomic E-state index is -0.798. The molecule has 5 nitrogen and oxygen atoms in total. The molecule has 0 aromatic carbocycles. The molecule has 0 aromatic heterocycles. The zero-order valence-corrected chi connectivity index (χ0v) is 22.2. The Morgan fingerprint density at radius 1 is 0.853 bits per heavy atom. The van der Waals surface area contributed by atoms with Gasteiger partial charge in [-0.1, -0.05) is 103 Å². The molecule has 0 aliphatic carbocycles. The molecule has 5 heteroatoms. The van der Waals surface area contributed by atoms with E-state index in [2.05, 4.69) is 24.1 Å². The van der Waals surface area contributed by atoms with Crippen LogP contribution in [-0.4, -0.2) is 41.0 Å². The lowest BCUT2D eigenvalue weighted by Gasteiger charge is -2.30. The zero-order chi connectivity index (χ0) is 24.7. The van der Waals surface area contributed by atoms with Crippen molar-refractivity contribution in [3.63, 3.8) is 0 Å². The third kappa shape index (κ3) is 14.7. The lowest BCUT2D eigenvalue weighted by molar-refractivity contribution is -0.778. The van der Waals surface area contributed by atoms with Crippen molar-refractivity contribution in [2.75, 3.05) is 19.6 Å². The number of amidine groups is 1. The van der Waals surface area contributed by atoms with Crippen LogP contribution >= 0.6 is 0 Å². The fourth-order valence-corrected chi connectivity index (χ4v) is 4.87. The first-order valence-electron chi connectivity index (χ1n) is 14.3. The molecule has 1 rings (SSSR count). The number of aliphatic imine (C=N–C) groups is 1. The van der Waals surface area contributed by atoms with Crippen molar-refractivity contribution in [3.05, 3.63) is 24.6 Å². The normalized spacial score (nSPS) is 17.6. The third-order valence-electron chi connectivity index (χ3n) is 6.95. The maximum atomic E-state index is 11.3. The SMILES string of the molecule is CCCCC/C=C/CCCCCCCCCCCCCCCC1=NC=C[N+]1(CCN)CC(=O)O. The number of unbranched alkanes of at least 4 members (excludes halogenated alkanes) is 16. The van der Waals surface area contributed by atoms with Gasteiger partial charge in [-0.15, -0.1) is 0 Å². The number of nitrogens with two attached hydrogens (primary N) is 1. The standard InChI is InChI=1S/C29H53N3O2/c1-2-3-4-5-6-7-8-9-10-11-12-13-14-15-16-17-18-19-20-21-22-28-31-24-26-32(28,25-23-30)27-29(33)34/h6-7,24,26H,2-5,8-23,25,27,30H2,1H3/p+1/b7-6+. The van der Waals surface area contributed by atoms with Crippen LogP contribution in [0, 0.1) is 0 Å². The van der Waals surface area contributed by atoms with Crippen LogP contribution in [0.5, 0.6) is 0 Å². The molecule has 34 heavy (non-hydrogen) atoms. The summed E-state index contributed by atoms with van der Waals surface area (Å²) in [6.07, 6.45) is 33.2. The Bertz CT molecular complexity index is 600. The molecule has 1 atom stereocenters.